The number of thiophene rings is 1. The molecule has 2 rings (SSSR count). The quantitative estimate of drug-likeness (QED) is 0.788. The van der Waals surface area contributed by atoms with Crippen LogP contribution in [0.1, 0.15) is 18.7 Å². The average molecular weight is 208 g/mol. The molecule has 1 aliphatic heterocycles. The Morgan fingerprint density at radius 1 is 1.57 bits per heavy atom. The number of amidine groups is 1. The van der Waals surface area contributed by atoms with Crippen LogP contribution >= 0.6 is 11.3 Å². The molecule has 4 heteroatoms. The van der Waals surface area contributed by atoms with Gasteiger partial charge in [-0.2, -0.15) is 0 Å². The van der Waals surface area contributed by atoms with Crippen molar-refractivity contribution in [2.45, 2.75) is 25.8 Å². The number of carbonyl (C=O) groups is 1. The molecular weight excluding hydrogens is 196 g/mol. The van der Waals surface area contributed by atoms with Crippen LogP contribution < -0.4 is 5.32 Å². The summed E-state index contributed by atoms with van der Waals surface area (Å²) >= 11 is 1.68. The standard InChI is InChI=1S/C10H12N2OS/c1-10(2)9(13)11-8(12-10)6-7-4-3-5-14-7/h3-5H,6H2,1-2H3,(H,11,12,13). The van der Waals surface area contributed by atoms with Gasteiger partial charge in [0.2, 0.25) is 0 Å². The van der Waals surface area contributed by atoms with Gasteiger partial charge in [-0.15, -0.1) is 11.3 Å². The van der Waals surface area contributed by atoms with Crippen molar-refractivity contribution in [3.8, 4) is 0 Å². The fourth-order valence-electron chi connectivity index (χ4n) is 1.36. The van der Waals surface area contributed by atoms with Gasteiger partial charge in [-0.25, -0.2) is 0 Å². The van der Waals surface area contributed by atoms with Gasteiger partial charge in [0, 0.05) is 11.3 Å². The average Bonchev–Trinajstić information content (AvgIpc) is 2.62. The van der Waals surface area contributed by atoms with Crippen LogP contribution in [0, 0.1) is 0 Å². The molecule has 0 radical (unpaired) electrons. The number of rotatable bonds is 2. The third-order valence-corrected chi connectivity index (χ3v) is 3.03. The number of amides is 1. The molecule has 0 saturated heterocycles. The van der Waals surface area contributed by atoms with E-state index in [0.717, 1.165) is 12.3 Å². The summed E-state index contributed by atoms with van der Waals surface area (Å²) in [5.41, 5.74) is -0.591. The van der Waals surface area contributed by atoms with Crippen LogP contribution in [0.2, 0.25) is 0 Å². The number of aliphatic imine (C=N–C) groups is 1. The first-order valence-corrected chi connectivity index (χ1v) is 5.38. The highest BCUT2D eigenvalue weighted by Crippen LogP contribution is 2.17. The smallest absolute Gasteiger partial charge is 0.252 e. The summed E-state index contributed by atoms with van der Waals surface area (Å²) in [5, 5.41) is 4.83. The van der Waals surface area contributed by atoms with Gasteiger partial charge in [-0.3, -0.25) is 9.79 Å². The fourth-order valence-corrected chi connectivity index (χ4v) is 2.07. The number of nitrogens with one attached hydrogen (secondary N) is 1. The Balaban J connectivity index is 2.12. The van der Waals surface area contributed by atoms with Crippen molar-refractivity contribution in [2.75, 3.05) is 0 Å². The largest absolute Gasteiger partial charge is 0.312 e. The van der Waals surface area contributed by atoms with E-state index in [9.17, 15) is 4.79 Å². The molecule has 0 fully saturated rings. The zero-order valence-corrected chi connectivity index (χ0v) is 9.02. The monoisotopic (exact) mass is 208 g/mol. The molecule has 1 N–H and O–H groups in total. The van der Waals surface area contributed by atoms with E-state index in [1.807, 2.05) is 31.4 Å². The first-order chi connectivity index (χ1) is 6.58. The van der Waals surface area contributed by atoms with Gasteiger partial charge >= 0.3 is 0 Å². The van der Waals surface area contributed by atoms with Gasteiger partial charge in [-0.1, -0.05) is 6.07 Å². The number of nitrogens with zero attached hydrogens (tertiary/aromatic N) is 1. The fraction of sp³-hybridized carbons (Fsp3) is 0.400. The molecule has 0 aliphatic carbocycles. The van der Waals surface area contributed by atoms with Gasteiger partial charge < -0.3 is 5.32 Å². The Bertz CT molecular complexity index is 379. The van der Waals surface area contributed by atoms with E-state index < -0.39 is 5.54 Å². The second-order valence-corrected chi connectivity index (χ2v) is 4.86. The highest BCUT2D eigenvalue weighted by molar-refractivity contribution is 7.10. The van der Waals surface area contributed by atoms with E-state index in [2.05, 4.69) is 10.3 Å². The minimum atomic E-state index is -0.591. The molecule has 74 valence electrons. The molecule has 3 nitrogen and oxygen atoms in total. The van der Waals surface area contributed by atoms with Gasteiger partial charge in [0.05, 0.1) is 0 Å². The van der Waals surface area contributed by atoms with Crippen molar-refractivity contribution in [2.24, 2.45) is 4.99 Å². The van der Waals surface area contributed by atoms with Crippen LogP contribution in [0.4, 0.5) is 0 Å². The van der Waals surface area contributed by atoms with E-state index in [1.54, 1.807) is 11.3 Å². The van der Waals surface area contributed by atoms with Gasteiger partial charge in [0.25, 0.3) is 5.91 Å². The molecule has 0 aromatic carbocycles. The lowest BCUT2D eigenvalue weighted by molar-refractivity contribution is -0.122. The Labute approximate surface area is 86.9 Å². The lowest BCUT2D eigenvalue weighted by atomic mass is 10.1. The summed E-state index contributed by atoms with van der Waals surface area (Å²) < 4.78 is 0. The predicted molar refractivity (Wildman–Crippen MR) is 57.7 cm³/mol. The van der Waals surface area contributed by atoms with Crippen molar-refractivity contribution in [1.82, 2.24) is 5.32 Å². The summed E-state index contributed by atoms with van der Waals surface area (Å²) in [6.07, 6.45) is 0.729. The SMILES string of the molecule is CC1(C)N=C(Cc2cccs2)NC1=O. The van der Waals surface area contributed by atoms with Crippen LogP contribution in [0.5, 0.6) is 0 Å². The zero-order valence-electron chi connectivity index (χ0n) is 8.20. The molecule has 1 aromatic heterocycles. The number of carbonyl (C=O) groups excluding carboxylic acids is 1. The maximum atomic E-state index is 11.4. The maximum absolute atomic E-state index is 11.4. The van der Waals surface area contributed by atoms with Crippen LogP contribution in [0.3, 0.4) is 0 Å². The number of hydrogen-bond donors (Lipinski definition) is 1. The first kappa shape index (κ1) is 9.40. The van der Waals surface area contributed by atoms with Crippen molar-refractivity contribution < 1.29 is 4.79 Å². The van der Waals surface area contributed by atoms with Crippen LogP contribution in [0.15, 0.2) is 22.5 Å². The van der Waals surface area contributed by atoms with Gasteiger partial charge in [0.15, 0.2) is 0 Å². The molecule has 0 saturated carbocycles. The Hall–Kier alpha value is -1.16. The van der Waals surface area contributed by atoms with Crippen LogP contribution in [0.25, 0.3) is 0 Å². The Kier molecular flexibility index (Phi) is 2.15. The molecule has 0 atom stereocenters. The summed E-state index contributed by atoms with van der Waals surface area (Å²) in [6, 6.07) is 4.05. The van der Waals surface area contributed by atoms with Gasteiger partial charge in [0.1, 0.15) is 11.4 Å². The summed E-state index contributed by atoms with van der Waals surface area (Å²) in [5.74, 6) is 0.770. The Morgan fingerprint density at radius 3 is 2.86 bits per heavy atom. The highest BCUT2D eigenvalue weighted by Gasteiger charge is 2.33. The molecule has 1 aliphatic rings. The zero-order chi connectivity index (χ0) is 10.2. The topological polar surface area (TPSA) is 41.5 Å². The minimum Gasteiger partial charge on any atom is -0.312 e. The molecule has 1 aromatic rings. The molecule has 2 heterocycles. The van der Waals surface area contributed by atoms with E-state index >= 15 is 0 Å². The molecular formula is C10H12N2OS. The second kappa shape index (κ2) is 3.20. The maximum Gasteiger partial charge on any atom is 0.252 e. The third-order valence-electron chi connectivity index (χ3n) is 2.15. The number of hydrogen-bond acceptors (Lipinski definition) is 3. The summed E-state index contributed by atoms with van der Waals surface area (Å²) in [4.78, 5) is 17.0. The summed E-state index contributed by atoms with van der Waals surface area (Å²) in [7, 11) is 0. The first-order valence-electron chi connectivity index (χ1n) is 4.50. The third kappa shape index (κ3) is 1.70. The summed E-state index contributed by atoms with van der Waals surface area (Å²) in [6.45, 7) is 3.65. The molecule has 1 amide bonds. The predicted octanol–water partition coefficient (Wildman–Crippen LogP) is 1.60. The van der Waals surface area contributed by atoms with Crippen molar-refractivity contribution in [1.29, 1.82) is 0 Å². The lowest BCUT2D eigenvalue weighted by Crippen LogP contribution is -2.34. The lowest BCUT2D eigenvalue weighted by Gasteiger charge is -2.07. The Morgan fingerprint density at radius 2 is 2.36 bits per heavy atom. The van der Waals surface area contributed by atoms with E-state index in [-0.39, 0.29) is 5.91 Å². The van der Waals surface area contributed by atoms with Crippen molar-refractivity contribution in [3.63, 3.8) is 0 Å². The second-order valence-electron chi connectivity index (χ2n) is 3.83. The minimum absolute atomic E-state index is 0.0101. The molecule has 0 unspecified atom stereocenters. The van der Waals surface area contributed by atoms with E-state index in [0.29, 0.717) is 0 Å². The van der Waals surface area contributed by atoms with Gasteiger partial charge in [-0.05, 0) is 25.3 Å². The van der Waals surface area contributed by atoms with Crippen LogP contribution in [-0.2, 0) is 11.2 Å². The van der Waals surface area contributed by atoms with E-state index in [1.165, 1.54) is 4.88 Å². The van der Waals surface area contributed by atoms with E-state index in [4.69, 9.17) is 0 Å². The normalized spacial score (nSPS) is 19.3. The van der Waals surface area contributed by atoms with Crippen LogP contribution in [-0.4, -0.2) is 17.3 Å². The highest BCUT2D eigenvalue weighted by atomic mass is 32.1. The molecule has 0 spiro atoms. The molecule has 14 heavy (non-hydrogen) atoms. The van der Waals surface area contributed by atoms with Crippen molar-refractivity contribution >= 4 is 23.1 Å². The van der Waals surface area contributed by atoms with Crippen molar-refractivity contribution in [3.05, 3.63) is 22.4 Å². The molecule has 0 bridgehead atoms.